The lowest BCUT2D eigenvalue weighted by atomic mass is 9.70. The van der Waals surface area contributed by atoms with Crippen LogP contribution in [0.25, 0.3) is 0 Å². The third kappa shape index (κ3) is 6.23. The molecule has 29 heavy (non-hydrogen) atoms. The standard InChI is InChI=1S/C19H23NO2.C5H10O2/c1-21-17-8-4-15(5-9-17)19(12-3-13-20-14-19)16-6-10-18(22-2)11-7-16;1-5(2,3)7-4-6/h4-11,20H,3,12-14H2,1-2H3;4H,1-3H3. The summed E-state index contributed by atoms with van der Waals surface area (Å²) in [6.45, 7) is 7.98. The van der Waals surface area contributed by atoms with Crippen molar-refractivity contribution in [3.8, 4) is 11.5 Å². The lowest BCUT2D eigenvalue weighted by molar-refractivity contribution is -0.138. The van der Waals surface area contributed by atoms with Crippen molar-refractivity contribution < 1.29 is 19.0 Å². The minimum absolute atomic E-state index is 0.0246. The van der Waals surface area contributed by atoms with Gasteiger partial charge in [-0.05, 0) is 75.5 Å². The van der Waals surface area contributed by atoms with Gasteiger partial charge >= 0.3 is 0 Å². The highest BCUT2D eigenvalue weighted by molar-refractivity contribution is 5.44. The van der Waals surface area contributed by atoms with Crippen LogP contribution in [-0.2, 0) is 14.9 Å². The van der Waals surface area contributed by atoms with Crippen LogP contribution in [0.1, 0.15) is 44.7 Å². The molecular weight excluding hydrogens is 366 g/mol. The Hall–Kier alpha value is -2.53. The van der Waals surface area contributed by atoms with E-state index in [9.17, 15) is 4.79 Å². The number of carbonyl (C=O) groups is 1. The monoisotopic (exact) mass is 399 g/mol. The zero-order chi connectivity index (χ0) is 21.3. The predicted molar refractivity (Wildman–Crippen MR) is 116 cm³/mol. The maximum Gasteiger partial charge on any atom is 0.293 e. The summed E-state index contributed by atoms with van der Waals surface area (Å²) in [5.74, 6) is 1.80. The molecule has 0 saturated carbocycles. The van der Waals surface area contributed by atoms with Gasteiger partial charge in [-0.2, -0.15) is 0 Å². The molecule has 1 N–H and O–H groups in total. The second kappa shape index (κ2) is 10.3. The van der Waals surface area contributed by atoms with Crippen LogP contribution >= 0.6 is 0 Å². The Labute approximate surface area is 174 Å². The average Bonchev–Trinajstić information content (AvgIpc) is 2.74. The van der Waals surface area contributed by atoms with Crippen molar-refractivity contribution in [2.75, 3.05) is 27.3 Å². The summed E-state index contributed by atoms with van der Waals surface area (Å²) in [5.41, 5.74) is 2.38. The van der Waals surface area contributed by atoms with Crippen LogP contribution in [-0.4, -0.2) is 39.4 Å². The molecule has 158 valence electrons. The smallest absolute Gasteiger partial charge is 0.293 e. The molecule has 1 fully saturated rings. The molecule has 0 unspecified atom stereocenters. The number of hydrogen-bond acceptors (Lipinski definition) is 5. The second-order valence-electron chi connectivity index (χ2n) is 8.15. The fourth-order valence-corrected chi connectivity index (χ4v) is 3.53. The van der Waals surface area contributed by atoms with Gasteiger partial charge in [-0.25, -0.2) is 0 Å². The molecule has 0 bridgehead atoms. The zero-order valence-electron chi connectivity index (χ0n) is 18.2. The highest BCUT2D eigenvalue weighted by atomic mass is 16.5. The molecule has 2 aromatic rings. The van der Waals surface area contributed by atoms with Crippen LogP contribution < -0.4 is 14.8 Å². The maximum absolute atomic E-state index is 9.60. The van der Waals surface area contributed by atoms with Gasteiger partial charge in [0.25, 0.3) is 6.47 Å². The summed E-state index contributed by atoms with van der Waals surface area (Å²) in [5, 5.41) is 3.57. The fraction of sp³-hybridized carbons (Fsp3) is 0.458. The molecule has 2 aromatic carbocycles. The molecule has 0 aromatic heterocycles. The van der Waals surface area contributed by atoms with Crippen molar-refractivity contribution in [2.24, 2.45) is 0 Å². The molecular formula is C24H33NO4. The van der Waals surface area contributed by atoms with Gasteiger partial charge in [0, 0.05) is 12.0 Å². The Kier molecular flexibility index (Phi) is 8.09. The molecule has 0 amide bonds. The van der Waals surface area contributed by atoms with Crippen LogP contribution in [0.4, 0.5) is 0 Å². The van der Waals surface area contributed by atoms with Crippen molar-refractivity contribution in [2.45, 2.75) is 44.6 Å². The number of hydrogen-bond donors (Lipinski definition) is 1. The minimum atomic E-state index is -0.318. The number of nitrogens with one attached hydrogen (secondary N) is 1. The van der Waals surface area contributed by atoms with Crippen molar-refractivity contribution >= 4 is 6.47 Å². The maximum atomic E-state index is 9.60. The molecule has 5 nitrogen and oxygen atoms in total. The van der Waals surface area contributed by atoms with Gasteiger partial charge in [0.1, 0.15) is 17.1 Å². The van der Waals surface area contributed by atoms with E-state index < -0.39 is 0 Å². The number of benzene rings is 2. The molecule has 0 atom stereocenters. The first kappa shape index (κ1) is 22.8. The molecule has 1 saturated heterocycles. The molecule has 1 aliphatic heterocycles. The predicted octanol–water partition coefficient (Wildman–Crippen LogP) is 4.33. The van der Waals surface area contributed by atoms with Crippen LogP contribution in [0, 0.1) is 0 Å². The Morgan fingerprint density at radius 1 is 0.897 bits per heavy atom. The number of piperidine rings is 1. The Balaban J connectivity index is 0.000000370. The van der Waals surface area contributed by atoms with E-state index in [4.69, 9.17) is 9.47 Å². The third-order valence-corrected chi connectivity index (χ3v) is 5.07. The van der Waals surface area contributed by atoms with E-state index in [0.29, 0.717) is 6.47 Å². The van der Waals surface area contributed by atoms with E-state index >= 15 is 0 Å². The molecule has 0 aliphatic carbocycles. The van der Waals surface area contributed by atoms with Crippen molar-refractivity contribution in [1.29, 1.82) is 0 Å². The Bertz CT molecular complexity index is 692. The zero-order valence-corrected chi connectivity index (χ0v) is 18.2. The van der Waals surface area contributed by atoms with Crippen LogP contribution in [0.2, 0.25) is 0 Å². The van der Waals surface area contributed by atoms with Crippen LogP contribution in [0.15, 0.2) is 48.5 Å². The van der Waals surface area contributed by atoms with Gasteiger partial charge in [-0.15, -0.1) is 0 Å². The van der Waals surface area contributed by atoms with Gasteiger partial charge < -0.3 is 19.5 Å². The Morgan fingerprint density at radius 2 is 1.38 bits per heavy atom. The first-order valence-corrected chi connectivity index (χ1v) is 9.96. The summed E-state index contributed by atoms with van der Waals surface area (Å²) < 4.78 is 15.1. The van der Waals surface area contributed by atoms with Gasteiger partial charge in [0.2, 0.25) is 0 Å². The van der Waals surface area contributed by atoms with E-state index in [1.807, 2.05) is 20.8 Å². The lowest BCUT2D eigenvalue weighted by Gasteiger charge is -2.39. The minimum Gasteiger partial charge on any atom is -0.497 e. The highest BCUT2D eigenvalue weighted by Gasteiger charge is 2.35. The second-order valence-corrected chi connectivity index (χ2v) is 8.15. The summed E-state index contributed by atoms with van der Waals surface area (Å²) >= 11 is 0. The van der Waals surface area contributed by atoms with Gasteiger partial charge in [0.05, 0.1) is 14.2 Å². The van der Waals surface area contributed by atoms with Crippen molar-refractivity contribution in [3.05, 3.63) is 59.7 Å². The third-order valence-electron chi connectivity index (χ3n) is 5.07. The van der Waals surface area contributed by atoms with Gasteiger partial charge in [-0.1, -0.05) is 24.3 Å². The SMILES string of the molecule is CC(C)(C)OC=O.COc1ccc(C2(c3ccc(OC)cc3)CCCNC2)cc1. The molecule has 3 rings (SSSR count). The quantitative estimate of drug-likeness (QED) is 0.759. The summed E-state index contributed by atoms with van der Waals surface area (Å²) in [4.78, 5) is 9.60. The molecule has 0 spiro atoms. The number of methoxy groups -OCH3 is 2. The number of rotatable bonds is 5. The summed E-state index contributed by atoms with van der Waals surface area (Å²) in [6, 6.07) is 17.0. The first-order valence-electron chi connectivity index (χ1n) is 9.96. The van der Waals surface area contributed by atoms with E-state index in [2.05, 4.69) is 58.6 Å². The van der Waals surface area contributed by atoms with E-state index in [1.54, 1.807) is 14.2 Å². The molecule has 0 radical (unpaired) electrons. The summed E-state index contributed by atoms with van der Waals surface area (Å²) in [6.07, 6.45) is 2.33. The average molecular weight is 400 g/mol. The molecule has 1 aliphatic rings. The number of carbonyl (C=O) groups excluding carboxylic acids is 1. The first-order chi connectivity index (χ1) is 13.8. The van der Waals surface area contributed by atoms with E-state index in [0.717, 1.165) is 31.0 Å². The molecule has 1 heterocycles. The Morgan fingerprint density at radius 3 is 1.66 bits per heavy atom. The van der Waals surface area contributed by atoms with Crippen LogP contribution in [0.5, 0.6) is 11.5 Å². The topological polar surface area (TPSA) is 56.8 Å². The van der Waals surface area contributed by atoms with E-state index in [-0.39, 0.29) is 11.0 Å². The molecule has 5 heteroatoms. The van der Waals surface area contributed by atoms with Gasteiger partial charge in [-0.3, -0.25) is 4.79 Å². The normalized spacial score (nSPS) is 15.5. The van der Waals surface area contributed by atoms with Gasteiger partial charge in [0.15, 0.2) is 0 Å². The largest absolute Gasteiger partial charge is 0.497 e. The van der Waals surface area contributed by atoms with Crippen molar-refractivity contribution in [1.82, 2.24) is 5.32 Å². The van der Waals surface area contributed by atoms with E-state index in [1.165, 1.54) is 17.5 Å². The summed E-state index contributed by atoms with van der Waals surface area (Å²) in [7, 11) is 3.41. The fourth-order valence-electron chi connectivity index (χ4n) is 3.53. The number of ether oxygens (including phenoxy) is 3. The lowest BCUT2D eigenvalue weighted by Crippen LogP contribution is -2.44. The van der Waals surface area contributed by atoms with Crippen molar-refractivity contribution in [3.63, 3.8) is 0 Å². The van der Waals surface area contributed by atoms with Crippen LogP contribution in [0.3, 0.4) is 0 Å². The highest BCUT2D eigenvalue weighted by Crippen LogP contribution is 2.39.